The van der Waals surface area contributed by atoms with E-state index in [2.05, 4.69) is 40.1 Å². The maximum Gasteiger partial charge on any atom is 0.307 e. The molecule has 1 fully saturated rings. The lowest BCUT2D eigenvalue weighted by atomic mass is 10.2. The van der Waals surface area contributed by atoms with E-state index in [9.17, 15) is 4.79 Å². The molecular formula is C18H27Cl2N3OS. The smallest absolute Gasteiger partial charge is 0.307 e. The van der Waals surface area contributed by atoms with Crippen LogP contribution in [0.4, 0.5) is 5.69 Å². The van der Waals surface area contributed by atoms with E-state index < -0.39 is 0 Å². The number of para-hydroxylation sites is 1. The largest absolute Gasteiger partial charge is 0.369 e. The summed E-state index contributed by atoms with van der Waals surface area (Å²) in [7, 11) is 1.86. The van der Waals surface area contributed by atoms with Gasteiger partial charge in [-0.3, -0.25) is 9.69 Å². The molecule has 0 bridgehead atoms. The van der Waals surface area contributed by atoms with Crippen LogP contribution in [0.2, 0.25) is 0 Å². The molecule has 4 nitrogen and oxygen atoms in total. The summed E-state index contributed by atoms with van der Waals surface area (Å²) in [6.07, 6.45) is 2.15. The molecule has 1 aliphatic heterocycles. The summed E-state index contributed by atoms with van der Waals surface area (Å²) in [5, 5.41) is 0. The van der Waals surface area contributed by atoms with Crippen LogP contribution in [0.5, 0.6) is 0 Å². The Morgan fingerprint density at radius 1 is 1.04 bits per heavy atom. The van der Waals surface area contributed by atoms with Crippen molar-refractivity contribution in [3.8, 4) is 0 Å². The van der Waals surface area contributed by atoms with Gasteiger partial charge in [-0.15, -0.1) is 24.8 Å². The Bertz CT molecular complexity index is 694. The van der Waals surface area contributed by atoms with Gasteiger partial charge in [0.1, 0.15) is 0 Å². The first-order chi connectivity index (χ1) is 11.1. The van der Waals surface area contributed by atoms with Crippen molar-refractivity contribution in [2.24, 2.45) is 7.05 Å². The molecule has 0 unspecified atom stereocenters. The van der Waals surface area contributed by atoms with Crippen molar-refractivity contribution >= 4 is 41.8 Å². The molecular weight excluding hydrogens is 377 g/mol. The third kappa shape index (κ3) is 5.48. The number of thiazole rings is 1. The van der Waals surface area contributed by atoms with Crippen LogP contribution >= 0.6 is 36.2 Å². The van der Waals surface area contributed by atoms with Gasteiger partial charge in [0.05, 0.1) is 0 Å². The Morgan fingerprint density at radius 2 is 1.68 bits per heavy atom. The van der Waals surface area contributed by atoms with Crippen LogP contribution in [-0.4, -0.2) is 42.2 Å². The molecule has 1 saturated heterocycles. The fourth-order valence-electron chi connectivity index (χ4n) is 3.14. The number of hydrogen-bond donors (Lipinski definition) is 0. The zero-order valence-corrected chi connectivity index (χ0v) is 17.3. The molecule has 0 N–H and O–H groups in total. The fourth-order valence-corrected chi connectivity index (χ4v) is 4.15. The third-order valence-corrected chi connectivity index (χ3v) is 5.96. The predicted molar refractivity (Wildman–Crippen MR) is 112 cm³/mol. The van der Waals surface area contributed by atoms with Crippen molar-refractivity contribution in [3.05, 3.63) is 50.6 Å². The number of benzene rings is 1. The monoisotopic (exact) mass is 403 g/mol. The third-order valence-electron chi connectivity index (χ3n) is 4.76. The van der Waals surface area contributed by atoms with E-state index in [0.29, 0.717) is 0 Å². The average Bonchev–Trinajstić information content (AvgIpc) is 2.83. The Morgan fingerprint density at radius 3 is 2.24 bits per heavy atom. The Hall–Kier alpha value is -1.01. The number of piperazine rings is 1. The highest BCUT2D eigenvalue weighted by Gasteiger charge is 2.17. The minimum atomic E-state index is 0. The average molecular weight is 404 g/mol. The molecule has 3 rings (SSSR count). The number of halogens is 2. The number of rotatable bonds is 5. The second-order valence-electron chi connectivity index (χ2n) is 6.20. The summed E-state index contributed by atoms with van der Waals surface area (Å²) < 4.78 is 1.76. The topological polar surface area (TPSA) is 28.5 Å². The van der Waals surface area contributed by atoms with E-state index in [1.54, 1.807) is 4.57 Å². The first kappa shape index (κ1) is 22.0. The van der Waals surface area contributed by atoms with Gasteiger partial charge in [-0.05, 0) is 38.4 Å². The lowest BCUT2D eigenvalue weighted by Gasteiger charge is -2.36. The minimum absolute atomic E-state index is 0. The van der Waals surface area contributed by atoms with Gasteiger partial charge in [-0.1, -0.05) is 29.5 Å². The van der Waals surface area contributed by atoms with Crippen molar-refractivity contribution in [1.29, 1.82) is 0 Å². The highest BCUT2D eigenvalue weighted by molar-refractivity contribution is 7.09. The van der Waals surface area contributed by atoms with Crippen LogP contribution in [0, 0.1) is 6.92 Å². The molecule has 0 saturated carbocycles. The highest BCUT2D eigenvalue weighted by Crippen LogP contribution is 2.17. The van der Waals surface area contributed by atoms with E-state index in [4.69, 9.17) is 0 Å². The summed E-state index contributed by atoms with van der Waals surface area (Å²) in [5.74, 6) is 0. The molecule has 0 aliphatic carbocycles. The van der Waals surface area contributed by atoms with Crippen LogP contribution in [0.15, 0.2) is 35.1 Å². The van der Waals surface area contributed by atoms with E-state index in [1.165, 1.54) is 21.9 Å². The van der Waals surface area contributed by atoms with Gasteiger partial charge < -0.3 is 9.47 Å². The first-order valence-corrected chi connectivity index (χ1v) is 9.14. The van der Waals surface area contributed by atoms with Gasteiger partial charge in [-0.2, -0.15) is 0 Å². The number of anilines is 1. The van der Waals surface area contributed by atoms with E-state index >= 15 is 0 Å². The summed E-state index contributed by atoms with van der Waals surface area (Å²) >= 11 is 1.41. The molecule has 0 atom stereocenters. The van der Waals surface area contributed by atoms with Crippen molar-refractivity contribution in [1.82, 2.24) is 9.47 Å². The van der Waals surface area contributed by atoms with Crippen molar-refractivity contribution in [2.75, 3.05) is 37.6 Å². The Labute approximate surface area is 166 Å². The number of hydrogen-bond acceptors (Lipinski definition) is 4. The summed E-state index contributed by atoms with van der Waals surface area (Å²) in [4.78, 5) is 18.1. The summed E-state index contributed by atoms with van der Waals surface area (Å²) in [5.41, 5.74) is 2.46. The van der Waals surface area contributed by atoms with Gasteiger partial charge in [0.15, 0.2) is 0 Å². The Kier molecular flexibility index (Phi) is 9.00. The predicted octanol–water partition coefficient (Wildman–Crippen LogP) is 3.35. The summed E-state index contributed by atoms with van der Waals surface area (Å²) in [6, 6.07) is 10.7. The lowest BCUT2D eigenvalue weighted by Crippen LogP contribution is -2.46. The van der Waals surface area contributed by atoms with Crippen molar-refractivity contribution < 1.29 is 0 Å². The number of nitrogens with zero attached hydrogens (tertiary/aromatic N) is 3. The minimum Gasteiger partial charge on any atom is -0.369 e. The lowest BCUT2D eigenvalue weighted by molar-refractivity contribution is 0.255. The van der Waals surface area contributed by atoms with Crippen molar-refractivity contribution in [2.45, 2.75) is 19.8 Å². The second kappa shape index (κ2) is 10.2. The molecule has 1 aromatic heterocycles. The zero-order chi connectivity index (χ0) is 16.2. The second-order valence-corrected chi connectivity index (χ2v) is 7.25. The van der Waals surface area contributed by atoms with Crippen LogP contribution in [0.3, 0.4) is 0 Å². The van der Waals surface area contributed by atoms with Crippen LogP contribution < -0.4 is 9.77 Å². The van der Waals surface area contributed by atoms with Crippen LogP contribution in [0.1, 0.15) is 17.0 Å². The van der Waals surface area contributed by atoms with Gasteiger partial charge in [0.2, 0.25) is 0 Å². The quantitative estimate of drug-likeness (QED) is 0.765. The molecule has 2 heterocycles. The van der Waals surface area contributed by atoms with Gasteiger partial charge in [0, 0.05) is 49.5 Å². The molecule has 7 heteroatoms. The standard InChI is InChI=1S/C18H25N3OS.2ClH/c1-15-17(23-18(22)19(15)2)9-6-10-20-11-13-21(14-12-20)16-7-4-3-5-8-16;;/h3-5,7-8H,6,9-14H2,1-2H3;2*1H. The highest BCUT2D eigenvalue weighted by atomic mass is 35.5. The maximum atomic E-state index is 11.7. The molecule has 0 radical (unpaired) electrons. The number of aromatic nitrogens is 1. The maximum absolute atomic E-state index is 11.7. The normalized spacial score (nSPS) is 14.7. The van der Waals surface area contributed by atoms with Crippen LogP contribution in [-0.2, 0) is 13.5 Å². The number of aryl methyl sites for hydroxylation is 1. The van der Waals surface area contributed by atoms with E-state index in [-0.39, 0.29) is 29.7 Å². The van der Waals surface area contributed by atoms with Gasteiger partial charge in [0.25, 0.3) is 0 Å². The molecule has 25 heavy (non-hydrogen) atoms. The molecule has 2 aromatic rings. The van der Waals surface area contributed by atoms with E-state index in [1.807, 2.05) is 14.0 Å². The Balaban J connectivity index is 0.00000156. The fraction of sp³-hybridized carbons (Fsp3) is 0.500. The molecule has 0 spiro atoms. The molecule has 0 amide bonds. The first-order valence-electron chi connectivity index (χ1n) is 8.33. The summed E-state index contributed by atoms with van der Waals surface area (Å²) in [6.45, 7) is 7.62. The SMILES string of the molecule is Cc1c(CCCN2CCN(c3ccccc3)CC2)sc(=O)n1C.Cl.Cl. The van der Waals surface area contributed by atoms with Gasteiger partial charge >= 0.3 is 4.87 Å². The molecule has 140 valence electrons. The van der Waals surface area contributed by atoms with Crippen LogP contribution in [0.25, 0.3) is 0 Å². The zero-order valence-electron chi connectivity index (χ0n) is 14.8. The van der Waals surface area contributed by atoms with Gasteiger partial charge in [-0.25, -0.2) is 0 Å². The molecule has 1 aliphatic rings. The van der Waals surface area contributed by atoms with E-state index in [0.717, 1.165) is 51.3 Å². The molecule has 1 aromatic carbocycles. The van der Waals surface area contributed by atoms with Crippen molar-refractivity contribution in [3.63, 3.8) is 0 Å².